The third-order valence-electron chi connectivity index (χ3n) is 3.17. The number of benzene rings is 1. The first-order valence-corrected chi connectivity index (χ1v) is 6.61. The number of nitrogens with zero attached hydrogens (tertiary/aromatic N) is 1. The van der Waals surface area contributed by atoms with Crippen molar-refractivity contribution in [2.75, 3.05) is 13.1 Å². The molecule has 16 heavy (non-hydrogen) atoms. The maximum absolute atomic E-state index is 13.3. The molecule has 0 saturated carbocycles. The van der Waals surface area contributed by atoms with E-state index in [0.29, 0.717) is 4.47 Å². The smallest absolute Gasteiger partial charge is 0.137 e. The Morgan fingerprint density at radius 1 is 1.50 bits per heavy atom. The van der Waals surface area contributed by atoms with Gasteiger partial charge in [-0.15, -0.1) is 0 Å². The topological polar surface area (TPSA) is 3.24 Å². The predicted molar refractivity (Wildman–Crippen MR) is 67.8 cm³/mol. The van der Waals surface area contributed by atoms with E-state index in [2.05, 4.69) is 27.8 Å². The summed E-state index contributed by atoms with van der Waals surface area (Å²) in [5.41, 5.74) is 1.05. The highest BCUT2D eigenvalue weighted by atomic mass is 79.9. The summed E-state index contributed by atoms with van der Waals surface area (Å²) in [4.78, 5) is 2.41. The summed E-state index contributed by atoms with van der Waals surface area (Å²) in [5.74, 6) is 0.601. The normalized spacial score (nSPS) is 22.3. The van der Waals surface area contributed by atoms with Gasteiger partial charge in [0.2, 0.25) is 0 Å². The number of piperidine rings is 1. The van der Waals surface area contributed by atoms with Gasteiger partial charge in [-0.1, -0.05) is 19.1 Å². The Morgan fingerprint density at radius 2 is 2.31 bits per heavy atom. The summed E-state index contributed by atoms with van der Waals surface area (Å²) in [5, 5.41) is 0. The van der Waals surface area contributed by atoms with Crippen molar-refractivity contribution in [2.24, 2.45) is 5.92 Å². The molecule has 1 atom stereocenters. The molecule has 0 amide bonds. The van der Waals surface area contributed by atoms with Gasteiger partial charge in [0.15, 0.2) is 0 Å². The van der Waals surface area contributed by atoms with E-state index in [1.165, 1.54) is 18.9 Å². The van der Waals surface area contributed by atoms with E-state index >= 15 is 0 Å². The van der Waals surface area contributed by atoms with Crippen LogP contribution in [0.2, 0.25) is 0 Å². The predicted octanol–water partition coefficient (Wildman–Crippen LogP) is 3.82. The minimum absolute atomic E-state index is 0.164. The molecule has 2 rings (SSSR count). The molecular formula is C13H17BrFN. The van der Waals surface area contributed by atoms with E-state index < -0.39 is 0 Å². The molecule has 1 aliphatic heterocycles. The zero-order valence-electron chi connectivity index (χ0n) is 9.55. The van der Waals surface area contributed by atoms with Gasteiger partial charge in [-0.2, -0.15) is 0 Å². The second-order valence-corrected chi connectivity index (χ2v) is 5.49. The van der Waals surface area contributed by atoms with E-state index in [1.807, 2.05) is 6.07 Å². The van der Waals surface area contributed by atoms with Gasteiger partial charge in [0, 0.05) is 13.1 Å². The van der Waals surface area contributed by atoms with E-state index in [0.717, 1.165) is 31.1 Å². The first-order chi connectivity index (χ1) is 7.66. The zero-order valence-corrected chi connectivity index (χ0v) is 11.1. The second-order valence-electron chi connectivity index (χ2n) is 4.70. The molecule has 1 saturated heterocycles. The Kier molecular flexibility index (Phi) is 3.98. The molecular weight excluding hydrogens is 269 g/mol. The Morgan fingerprint density at radius 3 is 3.06 bits per heavy atom. The lowest BCUT2D eigenvalue weighted by Crippen LogP contribution is -2.33. The number of rotatable bonds is 2. The van der Waals surface area contributed by atoms with Crippen LogP contribution in [0.5, 0.6) is 0 Å². The second kappa shape index (κ2) is 5.28. The monoisotopic (exact) mass is 285 g/mol. The third-order valence-corrected chi connectivity index (χ3v) is 4.05. The fourth-order valence-electron chi connectivity index (χ4n) is 2.34. The van der Waals surface area contributed by atoms with Crippen molar-refractivity contribution >= 4 is 15.9 Å². The Bertz CT molecular complexity index is 367. The summed E-state index contributed by atoms with van der Waals surface area (Å²) in [6, 6.07) is 5.27. The molecule has 0 bridgehead atoms. The Balaban J connectivity index is 2.05. The largest absolute Gasteiger partial charge is 0.299 e. The van der Waals surface area contributed by atoms with Crippen LogP contribution in [-0.4, -0.2) is 18.0 Å². The summed E-state index contributed by atoms with van der Waals surface area (Å²) >= 11 is 3.32. The van der Waals surface area contributed by atoms with Crippen molar-refractivity contribution in [1.29, 1.82) is 0 Å². The van der Waals surface area contributed by atoms with Gasteiger partial charge < -0.3 is 0 Å². The lowest BCUT2D eigenvalue weighted by molar-refractivity contribution is 0.176. The molecule has 0 radical (unpaired) electrons. The molecule has 1 fully saturated rings. The molecule has 0 aliphatic carbocycles. The SMILES string of the molecule is CC1CCCN(Cc2cccc(F)c2Br)C1. The molecule has 1 aromatic rings. The van der Waals surface area contributed by atoms with E-state index in [4.69, 9.17) is 0 Å². The quantitative estimate of drug-likeness (QED) is 0.799. The number of halogens is 2. The highest BCUT2D eigenvalue weighted by Crippen LogP contribution is 2.24. The van der Waals surface area contributed by atoms with Crippen molar-refractivity contribution in [3.8, 4) is 0 Å². The van der Waals surface area contributed by atoms with E-state index in [9.17, 15) is 4.39 Å². The highest BCUT2D eigenvalue weighted by Gasteiger charge is 2.17. The van der Waals surface area contributed by atoms with E-state index in [-0.39, 0.29) is 5.82 Å². The maximum atomic E-state index is 13.3. The minimum atomic E-state index is -0.164. The van der Waals surface area contributed by atoms with Crippen LogP contribution in [-0.2, 0) is 6.54 Å². The van der Waals surface area contributed by atoms with E-state index in [1.54, 1.807) is 6.07 Å². The van der Waals surface area contributed by atoms with Crippen LogP contribution < -0.4 is 0 Å². The fourth-order valence-corrected chi connectivity index (χ4v) is 2.73. The van der Waals surface area contributed by atoms with Crippen LogP contribution in [0.15, 0.2) is 22.7 Å². The molecule has 1 heterocycles. The van der Waals surface area contributed by atoms with Crippen molar-refractivity contribution < 1.29 is 4.39 Å². The van der Waals surface area contributed by atoms with Crippen molar-refractivity contribution in [2.45, 2.75) is 26.3 Å². The summed E-state index contributed by atoms with van der Waals surface area (Å²) < 4.78 is 14.0. The van der Waals surface area contributed by atoms with Gasteiger partial charge in [0.25, 0.3) is 0 Å². The summed E-state index contributed by atoms with van der Waals surface area (Å²) in [6.07, 6.45) is 2.58. The van der Waals surface area contributed by atoms with Crippen LogP contribution in [0, 0.1) is 11.7 Å². The van der Waals surface area contributed by atoms with Gasteiger partial charge in [-0.25, -0.2) is 4.39 Å². The van der Waals surface area contributed by atoms with Gasteiger partial charge in [-0.05, 0) is 52.9 Å². The molecule has 3 heteroatoms. The fraction of sp³-hybridized carbons (Fsp3) is 0.538. The highest BCUT2D eigenvalue weighted by molar-refractivity contribution is 9.10. The lowest BCUT2D eigenvalue weighted by atomic mass is 10.00. The van der Waals surface area contributed by atoms with Crippen LogP contribution in [0.25, 0.3) is 0 Å². The Labute approximate surface area is 105 Å². The molecule has 0 aromatic heterocycles. The van der Waals surface area contributed by atoms with Crippen LogP contribution in [0.3, 0.4) is 0 Å². The number of likely N-dealkylation sites (tertiary alicyclic amines) is 1. The lowest BCUT2D eigenvalue weighted by Gasteiger charge is -2.31. The maximum Gasteiger partial charge on any atom is 0.137 e. The Hall–Kier alpha value is -0.410. The van der Waals surface area contributed by atoms with Crippen LogP contribution in [0.4, 0.5) is 4.39 Å². The number of hydrogen-bond donors (Lipinski definition) is 0. The molecule has 1 aromatic carbocycles. The molecule has 1 nitrogen and oxygen atoms in total. The summed E-state index contributed by atoms with van der Waals surface area (Å²) in [7, 11) is 0. The van der Waals surface area contributed by atoms with Crippen molar-refractivity contribution in [3.63, 3.8) is 0 Å². The zero-order chi connectivity index (χ0) is 11.5. The van der Waals surface area contributed by atoms with Gasteiger partial charge in [0.05, 0.1) is 4.47 Å². The minimum Gasteiger partial charge on any atom is -0.299 e. The van der Waals surface area contributed by atoms with Crippen LogP contribution in [0.1, 0.15) is 25.3 Å². The third kappa shape index (κ3) is 2.83. The molecule has 1 unspecified atom stereocenters. The molecule has 0 N–H and O–H groups in total. The molecule has 88 valence electrons. The average Bonchev–Trinajstić information content (AvgIpc) is 2.25. The standard InChI is InChI=1S/C13H17BrFN/c1-10-4-3-7-16(8-10)9-11-5-2-6-12(15)13(11)14/h2,5-6,10H,3-4,7-9H2,1H3. The van der Waals surface area contributed by atoms with Crippen molar-refractivity contribution in [3.05, 3.63) is 34.1 Å². The van der Waals surface area contributed by atoms with Gasteiger partial charge in [0.1, 0.15) is 5.82 Å². The molecule has 1 aliphatic rings. The number of hydrogen-bond acceptors (Lipinski definition) is 1. The summed E-state index contributed by atoms with van der Waals surface area (Å²) in [6.45, 7) is 5.39. The molecule has 0 spiro atoms. The van der Waals surface area contributed by atoms with Crippen LogP contribution >= 0.6 is 15.9 Å². The van der Waals surface area contributed by atoms with Gasteiger partial charge >= 0.3 is 0 Å². The van der Waals surface area contributed by atoms with Crippen molar-refractivity contribution in [1.82, 2.24) is 4.90 Å². The average molecular weight is 286 g/mol. The first kappa shape index (κ1) is 12.1. The van der Waals surface area contributed by atoms with Gasteiger partial charge in [-0.3, -0.25) is 4.90 Å². The first-order valence-electron chi connectivity index (χ1n) is 5.82.